The van der Waals surface area contributed by atoms with E-state index in [-0.39, 0.29) is 11.7 Å². The highest BCUT2D eigenvalue weighted by Gasteiger charge is 2.23. The Hall–Kier alpha value is -2.40. The molecule has 0 spiro atoms. The summed E-state index contributed by atoms with van der Waals surface area (Å²) < 4.78 is 13.0. The van der Waals surface area contributed by atoms with Crippen molar-refractivity contribution in [2.75, 3.05) is 37.6 Å². The fourth-order valence-electron chi connectivity index (χ4n) is 4.28. The number of amides is 1. The molecule has 1 amide bonds. The fourth-order valence-corrected chi connectivity index (χ4v) is 4.28. The van der Waals surface area contributed by atoms with Gasteiger partial charge in [0.25, 0.3) is 5.91 Å². The third-order valence-electron chi connectivity index (χ3n) is 6.01. The number of hydrogen-bond acceptors (Lipinski definition) is 3. The quantitative estimate of drug-likeness (QED) is 0.835. The summed E-state index contributed by atoms with van der Waals surface area (Å²) >= 11 is 0. The summed E-state index contributed by atoms with van der Waals surface area (Å²) in [6, 6.07) is 12.4. The van der Waals surface area contributed by atoms with Gasteiger partial charge in [0, 0.05) is 37.4 Å². The van der Waals surface area contributed by atoms with Gasteiger partial charge in [0.1, 0.15) is 5.82 Å². The van der Waals surface area contributed by atoms with Crippen LogP contribution >= 0.6 is 0 Å². The summed E-state index contributed by atoms with van der Waals surface area (Å²) in [5.74, 6) is -0.339. The minimum absolute atomic E-state index is 0.0238. The van der Waals surface area contributed by atoms with E-state index in [9.17, 15) is 9.18 Å². The van der Waals surface area contributed by atoms with Crippen molar-refractivity contribution in [3.8, 4) is 0 Å². The first-order valence-electron chi connectivity index (χ1n) is 10.8. The molecular formula is C24H30FN3O. The van der Waals surface area contributed by atoms with E-state index in [4.69, 9.17) is 0 Å². The SMILES string of the molecule is C1CCNC1.O=C(c1ccc(F)cc1)N1CCc2cc(N3CCCC3)ccc2C1. The van der Waals surface area contributed by atoms with Crippen LogP contribution in [0.15, 0.2) is 42.5 Å². The number of halogens is 1. The standard InChI is InChI=1S/C20H21FN2O.C4H9N/c21-18-6-3-15(4-7-18)20(24)23-12-9-16-13-19(8-5-17(16)14-23)22-10-1-2-11-22;1-2-4-5-3-1/h3-8,13H,1-2,9-12,14H2;5H,1-4H2. The van der Waals surface area contributed by atoms with Crippen molar-refractivity contribution < 1.29 is 9.18 Å². The Balaban J connectivity index is 0.000000359. The lowest BCUT2D eigenvalue weighted by molar-refractivity contribution is 0.0734. The molecule has 2 fully saturated rings. The van der Waals surface area contributed by atoms with Crippen LogP contribution in [0.4, 0.5) is 10.1 Å². The summed E-state index contributed by atoms with van der Waals surface area (Å²) in [5, 5.41) is 3.22. The van der Waals surface area contributed by atoms with Gasteiger partial charge in [-0.3, -0.25) is 4.79 Å². The molecule has 3 heterocycles. The van der Waals surface area contributed by atoms with Crippen molar-refractivity contribution in [2.45, 2.75) is 38.6 Å². The van der Waals surface area contributed by atoms with Crippen molar-refractivity contribution in [3.05, 3.63) is 65.0 Å². The van der Waals surface area contributed by atoms with Gasteiger partial charge in [0.2, 0.25) is 0 Å². The number of rotatable bonds is 2. The number of anilines is 1. The molecule has 5 heteroatoms. The van der Waals surface area contributed by atoms with Crippen LogP contribution in [0.3, 0.4) is 0 Å². The van der Waals surface area contributed by atoms with E-state index in [1.165, 1.54) is 67.7 Å². The molecular weight excluding hydrogens is 365 g/mol. The highest BCUT2D eigenvalue weighted by atomic mass is 19.1. The average molecular weight is 396 g/mol. The van der Waals surface area contributed by atoms with Gasteiger partial charge < -0.3 is 15.1 Å². The van der Waals surface area contributed by atoms with Crippen LogP contribution in [-0.2, 0) is 13.0 Å². The van der Waals surface area contributed by atoms with Gasteiger partial charge in [0.15, 0.2) is 0 Å². The molecule has 0 atom stereocenters. The summed E-state index contributed by atoms with van der Waals surface area (Å²) in [4.78, 5) is 16.9. The normalized spacial score (nSPS) is 18.2. The molecule has 0 radical (unpaired) electrons. The summed E-state index contributed by atoms with van der Waals surface area (Å²) in [6.45, 7) is 6.14. The average Bonchev–Trinajstić information content (AvgIpc) is 3.50. The van der Waals surface area contributed by atoms with Crippen LogP contribution in [0.2, 0.25) is 0 Å². The molecule has 0 bridgehead atoms. The zero-order chi connectivity index (χ0) is 20.1. The first-order chi connectivity index (χ1) is 14.2. The van der Waals surface area contributed by atoms with E-state index in [1.807, 2.05) is 4.90 Å². The number of carbonyl (C=O) groups excluding carboxylic acids is 1. The van der Waals surface area contributed by atoms with Crippen molar-refractivity contribution >= 4 is 11.6 Å². The lowest BCUT2D eigenvalue weighted by Crippen LogP contribution is -2.36. The van der Waals surface area contributed by atoms with Crippen molar-refractivity contribution in [1.29, 1.82) is 0 Å². The Bertz CT molecular complexity index is 819. The summed E-state index contributed by atoms with van der Waals surface area (Å²) in [5.41, 5.74) is 4.43. The van der Waals surface area contributed by atoms with E-state index >= 15 is 0 Å². The third kappa shape index (κ3) is 4.96. The second-order valence-electron chi connectivity index (χ2n) is 8.09. The maximum Gasteiger partial charge on any atom is 0.254 e. The van der Waals surface area contributed by atoms with E-state index in [1.54, 1.807) is 12.1 Å². The lowest BCUT2D eigenvalue weighted by Gasteiger charge is -2.30. The minimum atomic E-state index is -0.315. The second kappa shape index (κ2) is 9.40. The topological polar surface area (TPSA) is 35.6 Å². The van der Waals surface area contributed by atoms with Gasteiger partial charge in [0.05, 0.1) is 0 Å². The highest BCUT2D eigenvalue weighted by molar-refractivity contribution is 5.94. The summed E-state index contributed by atoms with van der Waals surface area (Å²) in [7, 11) is 0. The van der Waals surface area contributed by atoms with Gasteiger partial charge >= 0.3 is 0 Å². The van der Waals surface area contributed by atoms with Crippen LogP contribution in [0.25, 0.3) is 0 Å². The minimum Gasteiger partial charge on any atom is -0.372 e. The van der Waals surface area contributed by atoms with Gasteiger partial charge in [-0.05, 0) is 92.7 Å². The van der Waals surface area contributed by atoms with Gasteiger partial charge in [-0.1, -0.05) is 6.07 Å². The molecule has 2 aromatic carbocycles. The maximum atomic E-state index is 13.0. The molecule has 3 aliphatic rings. The second-order valence-corrected chi connectivity index (χ2v) is 8.09. The van der Waals surface area contributed by atoms with Crippen molar-refractivity contribution in [3.63, 3.8) is 0 Å². The Labute approximate surface area is 172 Å². The molecule has 2 aromatic rings. The molecule has 1 N–H and O–H groups in total. The number of carbonyl (C=O) groups is 1. The molecule has 4 nitrogen and oxygen atoms in total. The number of nitrogens with zero attached hydrogens (tertiary/aromatic N) is 2. The predicted molar refractivity (Wildman–Crippen MR) is 115 cm³/mol. The molecule has 29 heavy (non-hydrogen) atoms. The van der Waals surface area contributed by atoms with Crippen LogP contribution in [0.5, 0.6) is 0 Å². The smallest absolute Gasteiger partial charge is 0.254 e. The third-order valence-corrected chi connectivity index (χ3v) is 6.01. The molecule has 0 saturated carbocycles. The molecule has 0 aromatic heterocycles. The van der Waals surface area contributed by atoms with Crippen LogP contribution < -0.4 is 10.2 Å². The number of benzene rings is 2. The maximum absolute atomic E-state index is 13.0. The molecule has 5 rings (SSSR count). The number of fused-ring (bicyclic) bond motifs is 1. The van der Waals surface area contributed by atoms with E-state index in [0.717, 1.165) is 19.5 Å². The van der Waals surface area contributed by atoms with Gasteiger partial charge in [-0.2, -0.15) is 0 Å². The van der Waals surface area contributed by atoms with E-state index < -0.39 is 0 Å². The molecule has 0 aliphatic carbocycles. The highest BCUT2D eigenvalue weighted by Crippen LogP contribution is 2.27. The largest absolute Gasteiger partial charge is 0.372 e. The van der Waals surface area contributed by atoms with Crippen LogP contribution in [-0.4, -0.2) is 43.5 Å². The van der Waals surface area contributed by atoms with Gasteiger partial charge in [-0.25, -0.2) is 4.39 Å². The van der Waals surface area contributed by atoms with Crippen molar-refractivity contribution in [2.24, 2.45) is 0 Å². The molecule has 2 saturated heterocycles. The van der Waals surface area contributed by atoms with Gasteiger partial charge in [-0.15, -0.1) is 0 Å². The first-order valence-corrected chi connectivity index (χ1v) is 10.8. The number of nitrogens with one attached hydrogen (secondary N) is 1. The molecule has 0 unspecified atom stereocenters. The Morgan fingerprint density at radius 1 is 0.862 bits per heavy atom. The van der Waals surface area contributed by atoms with E-state index in [2.05, 4.69) is 28.4 Å². The first kappa shape index (κ1) is 19.9. The zero-order valence-corrected chi connectivity index (χ0v) is 17.0. The number of hydrogen-bond donors (Lipinski definition) is 1. The molecule has 154 valence electrons. The zero-order valence-electron chi connectivity index (χ0n) is 17.0. The molecule has 3 aliphatic heterocycles. The van der Waals surface area contributed by atoms with Crippen LogP contribution in [0.1, 0.15) is 47.2 Å². The summed E-state index contributed by atoms with van der Waals surface area (Å²) in [6.07, 6.45) is 6.21. The van der Waals surface area contributed by atoms with Crippen molar-refractivity contribution in [1.82, 2.24) is 10.2 Å². The predicted octanol–water partition coefficient (Wildman–Crippen LogP) is 3.99. The fraction of sp³-hybridized carbons (Fsp3) is 0.458. The Morgan fingerprint density at radius 2 is 1.59 bits per heavy atom. The Kier molecular flexibility index (Phi) is 6.45. The van der Waals surface area contributed by atoms with E-state index in [0.29, 0.717) is 18.7 Å². The monoisotopic (exact) mass is 395 g/mol. The van der Waals surface area contributed by atoms with Crippen LogP contribution in [0, 0.1) is 5.82 Å². The lowest BCUT2D eigenvalue weighted by atomic mass is 9.98. The Morgan fingerprint density at radius 3 is 2.24 bits per heavy atom.